The van der Waals surface area contributed by atoms with Gasteiger partial charge in [-0.2, -0.15) is 0 Å². The molecule has 1 aliphatic carbocycles. The number of ether oxygens (including phenoxy) is 1. The van der Waals surface area contributed by atoms with Crippen LogP contribution in [0.1, 0.15) is 6.42 Å². The van der Waals surface area contributed by atoms with Crippen molar-refractivity contribution >= 4 is 5.97 Å². The highest BCUT2D eigenvalue weighted by Gasteiger charge is 2.60. The fourth-order valence-corrected chi connectivity index (χ4v) is 1.63. The third-order valence-corrected chi connectivity index (χ3v) is 2.42. The summed E-state index contributed by atoms with van der Waals surface area (Å²) in [6.07, 6.45) is 0.676. The van der Waals surface area contributed by atoms with Crippen molar-refractivity contribution in [2.24, 2.45) is 5.92 Å². The summed E-state index contributed by atoms with van der Waals surface area (Å²) >= 11 is 0. The Hall–Kier alpha value is -0.610. The molecule has 62 valence electrons. The van der Waals surface area contributed by atoms with Crippen LogP contribution in [0.5, 0.6) is 0 Å². The molecule has 2 N–H and O–H groups in total. The molecule has 1 saturated carbocycles. The molecule has 1 spiro atoms. The topological polar surface area (TPSA) is 58.6 Å². The molecule has 0 aromatic carbocycles. The lowest BCUT2D eigenvalue weighted by molar-refractivity contribution is -0.141. The summed E-state index contributed by atoms with van der Waals surface area (Å²) in [7, 11) is 0. The van der Waals surface area contributed by atoms with Crippen LogP contribution in [0, 0.1) is 5.92 Å². The van der Waals surface area contributed by atoms with Crippen molar-refractivity contribution in [3.05, 3.63) is 0 Å². The molecule has 0 bridgehead atoms. The molecule has 1 saturated heterocycles. The van der Waals surface area contributed by atoms with Crippen LogP contribution in [0.3, 0.4) is 0 Å². The maximum Gasteiger partial charge on any atom is 0.309 e. The second kappa shape index (κ2) is 2.19. The average Bonchev–Trinajstić information content (AvgIpc) is 2.66. The van der Waals surface area contributed by atoms with Gasteiger partial charge in [-0.1, -0.05) is 0 Å². The van der Waals surface area contributed by atoms with Crippen molar-refractivity contribution in [1.29, 1.82) is 0 Å². The Morgan fingerprint density at radius 2 is 2.55 bits per heavy atom. The summed E-state index contributed by atoms with van der Waals surface area (Å²) < 4.78 is 5.41. The molecule has 0 aromatic heterocycles. The van der Waals surface area contributed by atoms with Gasteiger partial charge in [0.25, 0.3) is 0 Å². The monoisotopic (exact) mass is 157 g/mol. The van der Waals surface area contributed by atoms with E-state index in [1.807, 2.05) is 0 Å². The molecular weight excluding hydrogens is 146 g/mol. The molecule has 2 aliphatic rings. The molecule has 0 radical (unpaired) electrons. The van der Waals surface area contributed by atoms with E-state index in [9.17, 15) is 4.79 Å². The SMILES string of the molecule is O=C(O)C1CC12CNCCO2. The molecule has 4 nitrogen and oxygen atoms in total. The zero-order valence-corrected chi connectivity index (χ0v) is 6.17. The van der Waals surface area contributed by atoms with E-state index in [1.54, 1.807) is 0 Å². The Labute approximate surface area is 64.5 Å². The summed E-state index contributed by atoms with van der Waals surface area (Å²) in [5.41, 5.74) is -0.343. The molecule has 4 heteroatoms. The predicted octanol–water partition coefficient (Wildman–Crippen LogP) is -0.550. The molecule has 2 atom stereocenters. The summed E-state index contributed by atoms with van der Waals surface area (Å²) in [6, 6.07) is 0. The Balaban J connectivity index is 1.99. The normalized spacial score (nSPS) is 42.4. The summed E-state index contributed by atoms with van der Waals surface area (Å²) in [6.45, 7) is 2.18. The van der Waals surface area contributed by atoms with E-state index in [0.717, 1.165) is 6.54 Å². The molecule has 0 amide bonds. The van der Waals surface area contributed by atoms with Gasteiger partial charge < -0.3 is 15.2 Å². The first-order valence-electron chi connectivity index (χ1n) is 3.82. The molecule has 2 rings (SSSR count). The van der Waals surface area contributed by atoms with Crippen molar-refractivity contribution < 1.29 is 14.6 Å². The summed E-state index contributed by atoms with van der Waals surface area (Å²) in [4.78, 5) is 10.5. The van der Waals surface area contributed by atoms with Crippen molar-refractivity contribution in [2.75, 3.05) is 19.7 Å². The van der Waals surface area contributed by atoms with Crippen molar-refractivity contribution in [3.63, 3.8) is 0 Å². The minimum absolute atomic E-state index is 0.268. The van der Waals surface area contributed by atoms with E-state index in [4.69, 9.17) is 9.84 Å². The standard InChI is InChI=1S/C7H11NO3/c9-6(10)5-3-7(5)4-8-1-2-11-7/h5,8H,1-4H2,(H,9,10). The second-order valence-electron chi connectivity index (χ2n) is 3.18. The summed E-state index contributed by atoms with van der Waals surface area (Å²) in [5.74, 6) is -0.996. The summed E-state index contributed by atoms with van der Waals surface area (Å²) in [5, 5.41) is 11.8. The van der Waals surface area contributed by atoms with E-state index >= 15 is 0 Å². The number of hydrogen-bond donors (Lipinski definition) is 2. The van der Waals surface area contributed by atoms with Crippen molar-refractivity contribution in [3.8, 4) is 0 Å². The highest BCUT2D eigenvalue weighted by Crippen LogP contribution is 2.47. The lowest BCUT2D eigenvalue weighted by Crippen LogP contribution is -2.42. The Morgan fingerprint density at radius 3 is 3.00 bits per heavy atom. The number of carboxylic acid groups (broad SMARTS) is 1. The molecule has 0 aromatic rings. The van der Waals surface area contributed by atoms with Crippen LogP contribution in [-0.4, -0.2) is 36.4 Å². The first kappa shape index (κ1) is 7.06. The zero-order valence-electron chi connectivity index (χ0n) is 6.17. The van der Waals surface area contributed by atoms with E-state index in [2.05, 4.69) is 5.32 Å². The van der Waals surface area contributed by atoms with Gasteiger partial charge in [-0.3, -0.25) is 4.79 Å². The van der Waals surface area contributed by atoms with Crippen LogP contribution in [-0.2, 0) is 9.53 Å². The molecular formula is C7H11NO3. The number of hydrogen-bond acceptors (Lipinski definition) is 3. The molecule has 2 fully saturated rings. The van der Waals surface area contributed by atoms with Gasteiger partial charge in [0, 0.05) is 13.1 Å². The fourth-order valence-electron chi connectivity index (χ4n) is 1.63. The van der Waals surface area contributed by atoms with Gasteiger partial charge in [-0.25, -0.2) is 0 Å². The Bertz CT molecular complexity index is 186. The molecule has 1 heterocycles. The number of carbonyl (C=O) groups is 1. The van der Waals surface area contributed by atoms with Gasteiger partial charge in [0.05, 0.1) is 18.1 Å². The molecule has 11 heavy (non-hydrogen) atoms. The fraction of sp³-hybridized carbons (Fsp3) is 0.857. The maximum absolute atomic E-state index is 10.5. The Kier molecular flexibility index (Phi) is 1.40. The van der Waals surface area contributed by atoms with Gasteiger partial charge in [0.2, 0.25) is 0 Å². The van der Waals surface area contributed by atoms with Gasteiger partial charge in [0.1, 0.15) is 0 Å². The minimum Gasteiger partial charge on any atom is -0.481 e. The Morgan fingerprint density at radius 1 is 1.73 bits per heavy atom. The van der Waals surface area contributed by atoms with Crippen molar-refractivity contribution in [2.45, 2.75) is 12.0 Å². The lowest BCUT2D eigenvalue weighted by Gasteiger charge is -2.23. The quantitative estimate of drug-likeness (QED) is 0.536. The third-order valence-electron chi connectivity index (χ3n) is 2.42. The number of nitrogens with one attached hydrogen (secondary N) is 1. The largest absolute Gasteiger partial charge is 0.481 e. The van der Waals surface area contributed by atoms with Crippen LogP contribution < -0.4 is 5.32 Å². The molecule has 1 aliphatic heterocycles. The zero-order chi connectivity index (χ0) is 7.90. The minimum atomic E-state index is -0.728. The number of rotatable bonds is 1. The maximum atomic E-state index is 10.5. The van der Waals surface area contributed by atoms with Crippen LogP contribution in [0.15, 0.2) is 0 Å². The van der Waals surface area contributed by atoms with Crippen LogP contribution in [0.25, 0.3) is 0 Å². The van der Waals surface area contributed by atoms with E-state index < -0.39 is 5.97 Å². The van der Waals surface area contributed by atoms with Gasteiger partial charge >= 0.3 is 5.97 Å². The van der Waals surface area contributed by atoms with Crippen molar-refractivity contribution in [1.82, 2.24) is 5.32 Å². The predicted molar refractivity (Wildman–Crippen MR) is 37.3 cm³/mol. The van der Waals surface area contributed by atoms with Gasteiger partial charge in [0.15, 0.2) is 0 Å². The number of aliphatic carboxylic acids is 1. The highest BCUT2D eigenvalue weighted by atomic mass is 16.5. The van der Waals surface area contributed by atoms with Crippen LogP contribution >= 0.6 is 0 Å². The van der Waals surface area contributed by atoms with Crippen LogP contribution in [0.4, 0.5) is 0 Å². The van der Waals surface area contributed by atoms with Gasteiger partial charge in [-0.05, 0) is 6.42 Å². The first-order valence-corrected chi connectivity index (χ1v) is 3.82. The second-order valence-corrected chi connectivity index (χ2v) is 3.18. The number of morpholine rings is 1. The third kappa shape index (κ3) is 1.02. The van der Waals surface area contributed by atoms with Gasteiger partial charge in [-0.15, -0.1) is 0 Å². The van der Waals surface area contributed by atoms with E-state index in [1.165, 1.54) is 0 Å². The molecule has 2 unspecified atom stereocenters. The highest BCUT2D eigenvalue weighted by molar-refractivity contribution is 5.75. The lowest BCUT2D eigenvalue weighted by atomic mass is 10.2. The number of carboxylic acids is 1. The average molecular weight is 157 g/mol. The van der Waals surface area contributed by atoms with Crippen LogP contribution in [0.2, 0.25) is 0 Å². The van der Waals surface area contributed by atoms with E-state index in [-0.39, 0.29) is 11.5 Å². The first-order chi connectivity index (χ1) is 5.25. The van der Waals surface area contributed by atoms with E-state index in [0.29, 0.717) is 19.6 Å². The smallest absolute Gasteiger partial charge is 0.309 e.